The minimum atomic E-state index is 1.10. The topological polar surface area (TPSA) is 19.0 Å². The summed E-state index contributed by atoms with van der Waals surface area (Å²) in [6.45, 7) is 1.10. The molecule has 2 aromatic rings. The van der Waals surface area contributed by atoms with E-state index in [0.717, 1.165) is 13.0 Å². The summed E-state index contributed by atoms with van der Waals surface area (Å²) in [5, 5.41) is 1.30. The Balaban J connectivity index is 2.16. The molecule has 0 fully saturated rings. The zero-order valence-corrected chi connectivity index (χ0v) is 7.90. The SMILES string of the molecule is C1=CN(c2c[nH]c3ccccc23)CC1. The maximum absolute atomic E-state index is 3.29. The number of para-hydroxylation sites is 1. The quantitative estimate of drug-likeness (QED) is 0.722. The van der Waals surface area contributed by atoms with Gasteiger partial charge < -0.3 is 9.88 Å². The van der Waals surface area contributed by atoms with Crippen molar-refractivity contribution in [1.29, 1.82) is 0 Å². The normalized spacial score (nSPS) is 15.6. The Morgan fingerprint density at radius 3 is 3.00 bits per heavy atom. The van der Waals surface area contributed by atoms with E-state index in [2.05, 4.69) is 52.6 Å². The van der Waals surface area contributed by atoms with E-state index in [9.17, 15) is 0 Å². The number of anilines is 1. The Hall–Kier alpha value is -1.70. The summed E-state index contributed by atoms with van der Waals surface area (Å²) in [6.07, 6.45) is 7.61. The van der Waals surface area contributed by atoms with E-state index in [4.69, 9.17) is 0 Å². The summed E-state index contributed by atoms with van der Waals surface area (Å²) < 4.78 is 0. The van der Waals surface area contributed by atoms with Crippen LogP contribution in [0.15, 0.2) is 42.7 Å². The van der Waals surface area contributed by atoms with E-state index < -0.39 is 0 Å². The minimum absolute atomic E-state index is 1.10. The molecule has 1 N–H and O–H groups in total. The van der Waals surface area contributed by atoms with Gasteiger partial charge in [-0.25, -0.2) is 0 Å². The zero-order valence-electron chi connectivity index (χ0n) is 7.90. The van der Waals surface area contributed by atoms with Crippen LogP contribution in [0.1, 0.15) is 6.42 Å². The number of nitrogens with zero attached hydrogens (tertiary/aromatic N) is 1. The molecular formula is C12H12N2. The van der Waals surface area contributed by atoms with Crippen molar-refractivity contribution in [2.75, 3.05) is 11.4 Å². The first-order chi connectivity index (χ1) is 6.95. The summed E-state index contributed by atoms with van der Waals surface area (Å²) in [7, 11) is 0. The van der Waals surface area contributed by atoms with Crippen molar-refractivity contribution in [2.45, 2.75) is 6.42 Å². The number of fused-ring (bicyclic) bond motifs is 1. The predicted octanol–water partition coefficient (Wildman–Crippen LogP) is 2.89. The van der Waals surface area contributed by atoms with Crippen LogP contribution in [-0.2, 0) is 0 Å². The number of aromatic nitrogens is 1. The lowest BCUT2D eigenvalue weighted by atomic mass is 10.2. The molecule has 2 heteroatoms. The molecule has 2 nitrogen and oxygen atoms in total. The van der Waals surface area contributed by atoms with Crippen molar-refractivity contribution in [3.8, 4) is 0 Å². The average Bonchev–Trinajstić information content (AvgIpc) is 2.85. The third-order valence-electron chi connectivity index (χ3n) is 2.70. The van der Waals surface area contributed by atoms with Crippen molar-refractivity contribution in [2.24, 2.45) is 0 Å². The van der Waals surface area contributed by atoms with Crippen molar-refractivity contribution in [3.63, 3.8) is 0 Å². The van der Waals surface area contributed by atoms with Gasteiger partial charge >= 0.3 is 0 Å². The first-order valence-corrected chi connectivity index (χ1v) is 4.94. The number of nitrogens with one attached hydrogen (secondary N) is 1. The molecule has 0 atom stereocenters. The molecule has 0 aliphatic carbocycles. The summed E-state index contributed by atoms with van der Waals surface area (Å²) >= 11 is 0. The van der Waals surface area contributed by atoms with Gasteiger partial charge in [-0.05, 0) is 12.5 Å². The van der Waals surface area contributed by atoms with Gasteiger partial charge in [-0.15, -0.1) is 0 Å². The van der Waals surface area contributed by atoms with Crippen LogP contribution in [0, 0.1) is 0 Å². The lowest BCUT2D eigenvalue weighted by molar-refractivity contribution is 1.00. The van der Waals surface area contributed by atoms with Crippen LogP contribution in [-0.4, -0.2) is 11.5 Å². The highest BCUT2D eigenvalue weighted by atomic mass is 15.1. The third-order valence-corrected chi connectivity index (χ3v) is 2.70. The zero-order chi connectivity index (χ0) is 9.38. The van der Waals surface area contributed by atoms with Crippen molar-refractivity contribution < 1.29 is 0 Å². The third kappa shape index (κ3) is 1.04. The molecule has 3 rings (SSSR count). The fraction of sp³-hybridized carbons (Fsp3) is 0.167. The predicted molar refractivity (Wildman–Crippen MR) is 59.4 cm³/mol. The monoisotopic (exact) mass is 184 g/mol. The first-order valence-electron chi connectivity index (χ1n) is 4.94. The highest BCUT2D eigenvalue weighted by Gasteiger charge is 2.10. The van der Waals surface area contributed by atoms with Gasteiger partial charge in [0.25, 0.3) is 0 Å². The van der Waals surface area contributed by atoms with Crippen LogP contribution in [0.4, 0.5) is 5.69 Å². The molecule has 0 saturated carbocycles. The smallest absolute Gasteiger partial charge is 0.0663 e. The molecule has 70 valence electrons. The number of H-pyrrole nitrogens is 1. The van der Waals surface area contributed by atoms with Crippen LogP contribution in [0.2, 0.25) is 0 Å². The highest BCUT2D eigenvalue weighted by Crippen LogP contribution is 2.28. The molecule has 1 aromatic carbocycles. The average molecular weight is 184 g/mol. The second-order valence-electron chi connectivity index (χ2n) is 3.59. The van der Waals surface area contributed by atoms with E-state index in [1.54, 1.807) is 0 Å². The van der Waals surface area contributed by atoms with Crippen LogP contribution >= 0.6 is 0 Å². The minimum Gasteiger partial charge on any atom is -0.359 e. The van der Waals surface area contributed by atoms with Crippen LogP contribution in [0.5, 0.6) is 0 Å². The van der Waals surface area contributed by atoms with Crippen LogP contribution in [0.3, 0.4) is 0 Å². The summed E-state index contributed by atoms with van der Waals surface area (Å²) in [5.74, 6) is 0. The summed E-state index contributed by atoms with van der Waals surface area (Å²) in [6, 6.07) is 8.41. The molecule has 14 heavy (non-hydrogen) atoms. The van der Waals surface area contributed by atoms with Gasteiger partial charge in [-0.3, -0.25) is 0 Å². The maximum Gasteiger partial charge on any atom is 0.0663 e. The molecule has 0 amide bonds. The molecule has 1 aromatic heterocycles. The highest BCUT2D eigenvalue weighted by molar-refractivity contribution is 5.93. The number of hydrogen-bond donors (Lipinski definition) is 1. The summed E-state index contributed by atoms with van der Waals surface area (Å²) in [4.78, 5) is 5.58. The van der Waals surface area contributed by atoms with Gasteiger partial charge in [0.2, 0.25) is 0 Å². The molecule has 0 saturated heterocycles. The van der Waals surface area contributed by atoms with Crippen LogP contribution < -0.4 is 4.90 Å². The number of hydrogen-bond acceptors (Lipinski definition) is 1. The molecule has 2 heterocycles. The second kappa shape index (κ2) is 2.91. The maximum atomic E-state index is 3.29. The Morgan fingerprint density at radius 2 is 2.14 bits per heavy atom. The fourth-order valence-electron chi connectivity index (χ4n) is 1.98. The van der Waals surface area contributed by atoms with Gasteiger partial charge in [0.1, 0.15) is 0 Å². The van der Waals surface area contributed by atoms with Gasteiger partial charge in [-0.2, -0.15) is 0 Å². The lowest BCUT2D eigenvalue weighted by Crippen LogP contribution is -2.11. The van der Waals surface area contributed by atoms with E-state index >= 15 is 0 Å². The molecule has 1 aliphatic rings. The van der Waals surface area contributed by atoms with E-state index in [-0.39, 0.29) is 0 Å². The van der Waals surface area contributed by atoms with Crippen molar-refractivity contribution in [1.82, 2.24) is 4.98 Å². The van der Waals surface area contributed by atoms with E-state index in [1.807, 2.05) is 0 Å². The standard InChI is InChI=1S/C12H12N2/c1-2-6-11-10(5-1)12(9-13-11)14-7-3-4-8-14/h1-3,5-7,9,13H,4,8H2. The Bertz CT molecular complexity index is 482. The number of benzene rings is 1. The van der Waals surface area contributed by atoms with Crippen molar-refractivity contribution >= 4 is 16.6 Å². The molecular weight excluding hydrogens is 172 g/mol. The largest absolute Gasteiger partial charge is 0.359 e. The molecule has 0 spiro atoms. The number of rotatable bonds is 1. The molecule has 1 aliphatic heterocycles. The lowest BCUT2D eigenvalue weighted by Gasteiger charge is -2.13. The van der Waals surface area contributed by atoms with Crippen LogP contribution in [0.25, 0.3) is 10.9 Å². The first kappa shape index (κ1) is 7.68. The van der Waals surface area contributed by atoms with Gasteiger partial charge in [0, 0.05) is 29.8 Å². The van der Waals surface area contributed by atoms with E-state index in [0.29, 0.717) is 0 Å². The van der Waals surface area contributed by atoms with Gasteiger partial charge in [0.05, 0.1) is 5.69 Å². The molecule has 0 bridgehead atoms. The second-order valence-corrected chi connectivity index (χ2v) is 3.59. The number of aromatic amines is 1. The molecule has 0 unspecified atom stereocenters. The summed E-state index contributed by atoms with van der Waals surface area (Å²) in [5.41, 5.74) is 2.50. The fourth-order valence-corrected chi connectivity index (χ4v) is 1.98. The molecule has 0 radical (unpaired) electrons. The van der Waals surface area contributed by atoms with Crippen molar-refractivity contribution in [3.05, 3.63) is 42.7 Å². The van der Waals surface area contributed by atoms with Gasteiger partial charge in [0.15, 0.2) is 0 Å². The van der Waals surface area contributed by atoms with Gasteiger partial charge in [-0.1, -0.05) is 24.3 Å². The Morgan fingerprint density at radius 1 is 1.21 bits per heavy atom. The van der Waals surface area contributed by atoms with E-state index in [1.165, 1.54) is 16.6 Å². The Kier molecular flexibility index (Phi) is 1.60. The Labute approximate surface area is 82.8 Å².